The number of hydrogen-bond donors (Lipinski definition) is 1. The zero-order valence-electron chi connectivity index (χ0n) is 12.3. The molecule has 1 aromatic heterocycles. The first-order valence-electron chi connectivity index (χ1n) is 7.02. The zero-order chi connectivity index (χ0) is 14.5. The number of aryl methyl sites for hydroxylation is 2. The lowest BCUT2D eigenvalue weighted by Crippen LogP contribution is -2.24. The fourth-order valence-electron chi connectivity index (χ4n) is 2.40. The van der Waals surface area contributed by atoms with E-state index < -0.39 is 0 Å². The van der Waals surface area contributed by atoms with E-state index in [1.807, 2.05) is 32.3 Å². The Hall–Kier alpha value is -1.74. The minimum atomic E-state index is -0.192. The van der Waals surface area contributed by atoms with Crippen LogP contribution < -0.4 is 5.32 Å². The first-order valence-corrected chi connectivity index (χ1v) is 7.02. The molecule has 0 radical (unpaired) electrons. The van der Waals surface area contributed by atoms with E-state index in [-0.39, 0.29) is 11.9 Å². The summed E-state index contributed by atoms with van der Waals surface area (Å²) < 4.78 is 13.3. The maximum Gasteiger partial charge on any atom is 0.123 e. The van der Waals surface area contributed by atoms with Crippen molar-refractivity contribution in [2.75, 3.05) is 6.54 Å². The number of nitrogens with one attached hydrogen (secondary N) is 1. The molecule has 0 saturated carbocycles. The third-order valence-corrected chi connectivity index (χ3v) is 3.37. The van der Waals surface area contributed by atoms with Crippen molar-refractivity contribution < 1.29 is 4.39 Å². The van der Waals surface area contributed by atoms with Gasteiger partial charge in [-0.15, -0.1) is 0 Å². The van der Waals surface area contributed by atoms with Crippen molar-refractivity contribution in [1.82, 2.24) is 10.3 Å². The van der Waals surface area contributed by atoms with Crippen LogP contribution in [0, 0.1) is 19.7 Å². The van der Waals surface area contributed by atoms with E-state index in [1.54, 1.807) is 6.07 Å². The predicted octanol–water partition coefficient (Wildman–Crippen LogP) is 3.93. The van der Waals surface area contributed by atoms with E-state index in [4.69, 9.17) is 0 Å². The van der Waals surface area contributed by atoms with Gasteiger partial charge in [-0.25, -0.2) is 4.39 Å². The second-order valence-corrected chi connectivity index (χ2v) is 5.18. The molecule has 0 fully saturated rings. The van der Waals surface area contributed by atoms with Crippen molar-refractivity contribution in [1.29, 1.82) is 0 Å². The molecule has 0 aliphatic heterocycles. The molecule has 0 amide bonds. The van der Waals surface area contributed by atoms with Gasteiger partial charge in [0.05, 0.1) is 6.04 Å². The van der Waals surface area contributed by atoms with Crippen molar-refractivity contribution in [2.24, 2.45) is 0 Å². The third kappa shape index (κ3) is 3.42. The molecule has 2 aromatic rings. The Kier molecular flexibility index (Phi) is 4.85. The van der Waals surface area contributed by atoms with Gasteiger partial charge in [0.25, 0.3) is 0 Å². The number of rotatable bonds is 5. The first kappa shape index (κ1) is 14.7. The molecule has 0 bridgehead atoms. The maximum atomic E-state index is 13.3. The summed E-state index contributed by atoms with van der Waals surface area (Å²) in [7, 11) is 0. The van der Waals surface area contributed by atoms with Gasteiger partial charge in [-0.05, 0) is 61.2 Å². The van der Waals surface area contributed by atoms with E-state index in [0.717, 1.165) is 35.2 Å². The zero-order valence-corrected chi connectivity index (χ0v) is 12.3. The van der Waals surface area contributed by atoms with Crippen LogP contribution in [0.2, 0.25) is 0 Å². The van der Waals surface area contributed by atoms with Gasteiger partial charge in [0.2, 0.25) is 0 Å². The number of pyridine rings is 1. The average Bonchev–Trinajstić information content (AvgIpc) is 2.41. The Morgan fingerprint density at radius 3 is 2.65 bits per heavy atom. The van der Waals surface area contributed by atoms with Gasteiger partial charge in [-0.3, -0.25) is 4.98 Å². The highest BCUT2D eigenvalue weighted by Crippen LogP contribution is 2.25. The Morgan fingerprint density at radius 1 is 1.20 bits per heavy atom. The Labute approximate surface area is 120 Å². The standard InChI is InChI=1S/C17H21FN2/c1-4-7-20-17(14-8-12(2)10-19-11-14)16-6-5-15(18)9-13(16)3/h5-6,8-11,17,20H,4,7H2,1-3H3. The van der Waals surface area contributed by atoms with E-state index >= 15 is 0 Å². The quantitative estimate of drug-likeness (QED) is 0.892. The van der Waals surface area contributed by atoms with Crippen LogP contribution in [-0.4, -0.2) is 11.5 Å². The van der Waals surface area contributed by atoms with Gasteiger partial charge >= 0.3 is 0 Å². The fourth-order valence-corrected chi connectivity index (χ4v) is 2.40. The normalized spacial score (nSPS) is 12.4. The van der Waals surface area contributed by atoms with Gasteiger partial charge in [0, 0.05) is 12.4 Å². The van der Waals surface area contributed by atoms with Gasteiger partial charge in [-0.1, -0.05) is 19.1 Å². The number of hydrogen-bond acceptors (Lipinski definition) is 2. The minimum Gasteiger partial charge on any atom is -0.306 e. The molecule has 1 atom stereocenters. The lowest BCUT2D eigenvalue weighted by Gasteiger charge is -2.21. The molecule has 1 heterocycles. The lowest BCUT2D eigenvalue weighted by molar-refractivity contribution is 0.588. The van der Waals surface area contributed by atoms with Crippen LogP contribution in [0.3, 0.4) is 0 Å². The predicted molar refractivity (Wildman–Crippen MR) is 80.2 cm³/mol. The molecule has 0 aliphatic rings. The summed E-state index contributed by atoms with van der Waals surface area (Å²) in [6.07, 6.45) is 4.77. The van der Waals surface area contributed by atoms with Crippen LogP contribution in [0.5, 0.6) is 0 Å². The second-order valence-electron chi connectivity index (χ2n) is 5.18. The summed E-state index contributed by atoms with van der Waals surface area (Å²) in [4.78, 5) is 4.27. The summed E-state index contributed by atoms with van der Waals surface area (Å²) in [6.45, 7) is 7.03. The monoisotopic (exact) mass is 272 g/mol. The number of nitrogens with zero attached hydrogens (tertiary/aromatic N) is 1. The van der Waals surface area contributed by atoms with Gasteiger partial charge in [0.1, 0.15) is 5.82 Å². The fraction of sp³-hybridized carbons (Fsp3) is 0.353. The Morgan fingerprint density at radius 2 is 2.00 bits per heavy atom. The van der Waals surface area contributed by atoms with Crippen molar-refractivity contribution in [3.8, 4) is 0 Å². The average molecular weight is 272 g/mol. The molecular weight excluding hydrogens is 251 g/mol. The summed E-state index contributed by atoms with van der Waals surface area (Å²) >= 11 is 0. The van der Waals surface area contributed by atoms with E-state index in [9.17, 15) is 4.39 Å². The molecule has 20 heavy (non-hydrogen) atoms. The second kappa shape index (κ2) is 6.62. The summed E-state index contributed by atoms with van der Waals surface area (Å²) in [5, 5.41) is 3.53. The van der Waals surface area contributed by atoms with Crippen molar-refractivity contribution in [2.45, 2.75) is 33.2 Å². The van der Waals surface area contributed by atoms with Crippen LogP contribution in [0.25, 0.3) is 0 Å². The number of aromatic nitrogens is 1. The molecular formula is C17H21FN2. The molecule has 1 unspecified atom stereocenters. The van der Waals surface area contributed by atoms with Crippen LogP contribution in [0.4, 0.5) is 4.39 Å². The van der Waals surface area contributed by atoms with Crippen molar-refractivity contribution in [3.05, 3.63) is 64.7 Å². The number of halogens is 1. The van der Waals surface area contributed by atoms with Crippen LogP contribution >= 0.6 is 0 Å². The highest BCUT2D eigenvalue weighted by molar-refractivity contribution is 5.37. The first-order chi connectivity index (χ1) is 9.61. The summed E-state index contributed by atoms with van der Waals surface area (Å²) in [5.74, 6) is -0.192. The largest absolute Gasteiger partial charge is 0.306 e. The molecule has 1 aromatic carbocycles. The van der Waals surface area contributed by atoms with Crippen molar-refractivity contribution in [3.63, 3.8) is 0 Å². The SMILES string of the molecule is CCCNC(c1cncc(C)c1)c1ccc(F)cc1C. The highest BCUT2D eigenvalue weighted by Gasteiger charge is 2.16. The van der Waals surface area contributed by atoms with Crippen LogP contribution in [0.1, 0.15) is 41.6 Å². The van der Waals surface area contributed by atoms with Crippen LogP contribution in [0.15, 0.2) is 36.7 Å². The molecule has 0 aliphatic carbocycles. The topological polar surface area (TPSA) is 24.9 Å². The Bertz CT molecular complexity index is 581. The molecule has 3 heteroatoms. The molecule has 0 spiro atoms. The molecule has 0 saturated heterocycles. The molecule has 1 N–H and O–H groups in total. The molecule has 2 nitrogen and oxygen atoms in total. The third-order valence-electron chi connectivity index (χ3n) is 3.37. The smallest absolute Gasteiger partial charge is 0.123 e. The molecule has 106 valence electrons. The summed E-state index contributed by atoms with van der Waals surface area (Å²) in [5.41, 5.74) is 4.31. The van der Waals surface area contributed by atoms with E-state index in [0.29, 0.717) is 0 Å². The maximum absolute atomic E-state index is 13.3. The number of benzene rings is 1. The highest BCUT2D eigenvalue weighted by atomic mass is 19.1. The molecule has 2 rings (SSSR count). The van der Waals surface area contributed by atoms with E-state index in [2.05, 4.69) is 23.3 Å². The lowest BCUT2D eigenvalue weighted by atomic mass is 9.95. The van der Waals surface area contributed by atoms with Gasteiger partial charge in [0.15, 0.2) is 0 Å². The Balaban J connectivity index is 2.41. The van der Waals surface area contributed by atoms with Gasteiger partial charge in [-0.2, -0.15) is 0 Å². The van der Waals surface area contributed by atoms with Gasteiger partial charge < -0.3 is 5.32 Å². The summed E-state index contributed by atoms with van der Waals surface area (Å²) in [6, 6.07) is 7.15. The van der Waals surface area contributed by atoms with Crippen molar-refractivity contribution >= 4 is 0 Å². The van der Waals surface area contributed by atoms with E-state index in [1.165, 1.54) is 6.07 Å². The van der Waals surface area contributed by atoms with Crippen LogP contribution in [-0.2, 0) is 0 Å². The minimum absolute atomic E-state index is 0.0583.